The third kappa shape index (κ3) is 5.32. The second-order valence-electron chi connectivity index (χ2n) is 7.18. The van der Waals surface area contributed by atoms with Gasteiger partial charge in [0.2, 0.25) is 5.91 Å². The van der Waals surface area contributed by atoms with Crippen molar-refractivity contribution < 1.29 is 31.1 Å². The molecule has 0 saturated carbocycles. The molecule has 0 radical (unpaired) electrons. The maximum Gasteiger partial charge on any atom is 0.435 e. The van der Waals surface area contributed by atoms with Crippen LogP contribution in [0.5, 0.6) is 0 Å². The molecule has 164 valence electrons. The molecule has 0 spiro atoms. The molecule has 2 heterocycles. The lowest BCUT2D eigenvalue weighted by molar-refractivity contribution is -0.142. The van der Waals surface area contributed by atoms with Gasteiger partial charge in [-0.3, -0.25) is 14.4 Å². The van der Waals surface area contributed by atoms with E-state index in [-0.39, 0.29) is 18.1 Å². The van der Waals surface area contributed by atoms with Crippen LogP contribution in [-0.2, 0) is 30.2 Å². The van der Waals surface area contributed by atoms with E-state index in [1.54, 1.807) is 6.07 Å². The van der Waals surface area contributed by atoms with Crippen LogP contribution in [0.25, 0.3) is 0 Å². The number of aryl methyl sites for hydroxylation is 1. The molecular formula is C19H20F6N4O. The van der Waals surface area contributed by atoms with E-state index in [1.165, 1.54) is 17.9 Å². The predicted molar refractivity (Wildman–Crippen MR) is 95.3 cm³/mol. The van der Waals surface area contributed by atoms with Gasteiger partial charge in [-0.15, -0.1) is 0 Å². The molecule has 0 atom stereocenters. The Kier molecular flexibility index (Phi) is 6.11. The Bertz CT molecular complexity index is 897. The summed E-state index contributed by atoms with van der Waals surface area (Å²) in [5.74, 6) is -0.353. The summed E-state index contributed by atoms with van der Waals surface area (Å²) in [6, 6.07) is 5.99. The Hall–Kier alpha value is -2.56. The maximum absolute atomic E-state index is 12.8. The van der Waals surface area contributed by atoms with Crippen molar-refractivity contribution in [3.63, 3.8) is 0 Å². The lowest BCUT2D eigenvalue weighted by Crippen LogP contribution is -2.49. The fourth-order valence-corrected chi connectivity index (χ4v) is 3.30. The van der Waals surface area contributed by atoms with Gasteiger partial charge < -0.3 is 4.90 Å². The smallest absolute Gasteiger partial charge is 0.339 e. The van der Waals surface area contributed by atoms with Crippen molar-refractivity contribution in [2.45, 2.75) is 32.4 Å². The van der Waals surface area contributed by atoms with Gasteiger partial charge in [-0.2, -0.15) is 31.4 Å². The molecule has 1 aliphatic rings. The van der Waals surface area contributed by atoms with Gasteiger partial charge in [-0.25, -0.2) is 0 Å². The number of aromatic nitrogens is 2. The van der Waals surface area contributed by atoms with Crippen LogP contribution in [-0.4, -0.2) is 51.7 Å². The Morgan fingerprint density at radius 1 is 1.00 bits per heavy atom. The Balaban J connectivity index is 1.54. The van der Waals surface area contributed by atoms with Gasteiger partial charge in [0.05, 0.1) is 5.56 Å². The number of rotatable bonds is 4. The van der Waals surface area contributed by atoms with E-state index in [1.807, 2.05) is 4.90 Å². The zero-order chi connectivity index (χ0) is 22.1. The summed E-state index contributed by atoms with van der Waals surface area (Å²) < 4.78 is 77.8. The molecule has 1 aromatic heterocycles. The van der Waals surface area contributed by atoms with Crippen molar-refractivity contribution in [1.29, 1.82) is 0 Å². The van der Waals surface area contributed by atoms with E-state index in [9.17, 15) is 31.1 Å². The van der Waals surface area contributed by atoms with E-state index in [4.69, 9.17) is 0 Å². The van der Waals surface area contributed by atoms with E-state index >= 15 is 0 Å². The number of carbonyl (C=O) groups is 1. The van der Waals surface area contributed by atoms with Crippen LogP contribution in [0.3, 0.4) is 0 Å². The average Bonchev–Trinajstić information content (AvgIpc) is 3.03. The molecule has 1 amide bonds. The lowest BCUT2D eigenvalue weighted by Gasteiger charge is -2.35. The third-order valence-electron chi connectivity index (χ3n) is 4.94. The summed E-state index contributed by atoms with van der Waals surface area (Å²) in [5.41, 5.74) is -0.990. The molecule has 3 rings (SSSR count). The molecule has 1 aliphatic heterocycles. The van der Waals surface area contributed by atoms with Crippen LogP contribution >= 0.6 is 0 Å². The van der Waals surface area contributed by atoms with Crippen LogP contribution in [0.2, 0.25) is 0 Å². The highest BCUT2D eigenvalue weighted by atomic mass is 19.4. The highest BCUT2D eigenvalue weighted by Crippen LogP contribution is 2.30. The summed E-state index contributed by atoms with van der Waals surface area (Å²) in [6.45, 7) is 3.05. The first-order valence-corrected chi connectivity index (χ1v) is 9.21. The lowest BCUT2D eigenvalue weighted by atomic mass is 10.1. The number of carbonyl (C=O) groups excluding carboxylic acids is 1. The van der Waals surface area contributed by atoms with Crippen LogP contribution in [0.15, 0.2) is 30.3 Å². The summed E-state index contributed by atoms with van der Waals surface area (Å²) in [7, 11) is 0. The summed E-state index contributed by atoms with van der Waals surface area (Å²) in [6.07, 6.45) is -8.98. The number of benzene rings is 1. The third-order valence-corrected chi connectivity index (χ3v) is 4.94. The van der Waals surface area contributed by atoms with E-state index in [0.29, 0.717) is 38.3 Å². The van der Waals surface area contributed by atoms with Crippen LogP contribution < -0.4 is 0 Å². The molecule has 11 heteroatoms. The molecule has 0 bridgehead atoms. The first-order chi connectivity index (χ1) is 13.9. The fourth-order valence-electron chi connectivity index (χ4n) is 3.30. The number of halogens is 6. The number of amides is 1. The zero-order valence-corrected chi connectivity index (χ0v) is 16.1. The normalized spacial score (nSPS) is 16.2. The van der Waals surface area contributed by atoms with Crippen molar-refractivity contribution in [3.8, 4) is 0 Å². The maximum atomic E-state index is 12.8. The molecule has 0 aliphatic carbocycles. The van der Waals surface area contributed by atoms with Crippen LogP contribution in [0.4, 0.5) is 26.3 Å². The first-order valence-electron chi connectivity index (χ1n) is 9.21. The number of hydrogen-bond donors (Lipinski definition) is 0. The monoisotopic (exact) mass is 434 g/mol. The molecule has 1 aromatic carbocycles. The highest BCUT2D eigenvalue weighted by Gasteiger charge is 2.35. The van der Waals surface area contributed by atoms with Crippen molar-refractivity contribution >= 4 is 5.91 Å². The van der Waals surface area contributed by atoms with Gasteiger partial charge in [-0.1, -0.05) is 18.2 Å². The molecule has 5 nitrogen and oxygen atoms in total. The number of hydrogen-bond acceptors (Lipinski definition) is 3. The number of nitrogens with zero attached hydrogens (tertiary/aromatic N) is 4. The van der Waals surface area contributed by atoms with Gasteiger partial charge >= 0.3 is 12.4 Å². The molecule has 2 aromatic rings. The Labute approximate surface area is 168 Å². The molecule has 30 heavy (non-hydrogen) atoms. The van der Waals surface area contributed by atoms with Crippen LogP contribution in [0.1, 0.15) is 22.5 Å². The van der Waals surface area contributed by atoms with Gasteiger partial charge in [0.15, 0.2) is 5.69 Å². The minimum absolute atomic E-state index is 0.235. The van der Waals surface area contributed by atoms with Gasteiger partial charge in [-0.05, 0) is 24.6 Å². The Morgan fingerprint density at radius 3 is 2.23 bits per heavy atom. The predicted octanol–water partition coefficient (Wildman–Crippen LogP) is 3.57. The Morgan fingerprint density at radius 2 is 1.67 bits per heavy atom. The summed E-state index contributed by atoms with van der Waals surface area (Å²) in [4.78, 5) is 15.9. The highest BCUT2D eigenvalue weighted by molar-refractivity contribution is 5.76. The summed E-state index contributed by atoms with van der Waals surface area (Å²) >= 11 is 0. The quantitative estimate of drug-likeness (QED) is 0.691. The van der Waals surface area contributed by atoms with Crippen molar-refractivity contribution in [3.05, 3.63) is 52.8 Å². The second kappa shape index (κ2) is 8.29. The van der Waals surface area contributed by atoms with E-state index in [0.717, 1.165) is 22.9 Å². The van der Waals surface area contributed by atoms with Crippen molar-refractivity contribution in [2.24, 2.45) is 0 Å². The van der Waals surface area contributed by atoms with Gasteiger partial charge in [0.25, 0.3) is 0 Å². The molecule has 1 fully saturated rings. The minimum Gasteiger partial charge on any atom is -0.339 e. The number of piperazine rings is 1. The molecular weight excluding hydrogens is 414 g/mol. The molecule has 1 saturated heterocycles. The number of alkyl halides is 6. The molecule has 0 unspecified atom stereocenters. The second-order valence-corrected chi connectivity index (χ2v) is 7.18. The van der Waals surface area contributed by atoms with E-state index < -0.39 is 23.6 Å². The molecule has 0 N–H and O–H groups in total. The van der Waals surface area contributed by atoms with Crippen molar-refractivity contribution in [1.82, 2.24) is 19.6 Å². The van der Waals surface area contributed by atoms with Gasteiger partial charge in [0, 0.05) is 38.4 Å². The topological polar surface area (TPSA) is 41.4 Å². The largest absolute Gasteiger partial charge is 0.435 e. The SMILES string of the molecule is Cc1cc(C(F)(F)F)nn1CC(=O)N1CCN(Cc2cccc(C(F)(F)F)c2)CC1. The zero-order valence-electron chi connectivity index (χ0n) is 16.1. The first kappa shape index (κ1) is 22.1. The summed E-state index contributed by atoms with van der Waals surface area (Å²) in [5, 5.41) is 3.46. The van der Waals surface area contributed by atoms with Crippen LogP contribution in [0, 0.1) is 6.92 Å². The van der Waals surface area contributed by atoms with Gasteiger partial charge in [0.1, 0.15) is 6.54 Å². The van der Waals surface area contributed by atoms with E-state index in [2.05, 4.69) is 5.10 Å². The standard InChI is InChI=1S/C19H20F6N4O/c1-13-9-16(19(23,24)25)26-29(13)12-17(30)28-7-5-27(6-8-28)11-14-3-2-4-15(10-14)18(20,21)22/h2-4,9-10H,5-8,11-12H2,1H3. The van der Waals surface area contributed by atoms with Crippen molar-refractivity contribution in [2.75, 3.05) is 26.2 Å². The minimum atomic E-state index is -4.58. The fraction of sp³-hybridized carbons (Fsp3) is 0.474. The average molecular weight is 434 g/mol.